The SMILES string of the molecule is O=C(Nc1ccccc1F)c1ccc2nnc(C3CCN(Cc4ccccc4)C3)n2c1. The fraction of sp³-hybridized carbons (Fsp3) is 0.208. The van der Waals surface area contributed by atoms with Crippen LogP contribution in [0.5, 0.6) is 0 Å². The number of fused-ring (bicyclic) bond motifs is 1. The molecule has 7 heteroatoms. The molecule has 1 saturated heterocycles. The van der Waals surface area contributed by atoms with Gasteiger partial charge in [0.2, 0.25) is 0 Å². The number of carbonyl (C=O) groups is 1. The fourth-order valence-electron chi connectivity index (χ4n) is 4.11. The second-order valence-electron chi connectivity index (χ2n) is 7.84. The Morgan fingerprint density at radius 1 is 1.03 bits per heavy atom. The molecule has 2 aromatic heterocycles. The molecular weight excluding hydrogens is 393 g/mol. The quantitative estimate of drug-likeness (QED) is 0.533. The topological polar surface area (TPSA) is 62.5 Å². The van der Waals surface area contributed by atoms with Crippen LogP contribution in [0.15, 0.2) is 72.9 Å². The Morgan fingerprint density at radius 3 is 2.68 bits per heavy atom. The van der Waals surface area contributed by atoms with Crippen molar-refractivity contribution >= 4 is 17.2 Å². The first kappa shape index (κ1) is 19.4. The third kappa shape index (κ3) is 4.04. The Labute approximate surface area is 179 Å². The molecule has 1 amide bonds. The largest absolute Gasteiger partial charge is 0.319 e. The third-order valence-corrected chi connectivity index (χ3v) is 5.70. The van der Waals surface area contributed by atoms with Crippen molar-refractivity contribution in [1.29, 1.82) is 0 Å². The highest BCUT2D eigenvalue weighted by Gasteiger charge is 2.28. The number of benzene rings is 2. The number of aromatic nitrogens is 3. The number of amides is 1. The summed E-state index contributed by atoms with van der Waals surface area (Å²) in [5, 5.41) is 11.3. The van der Waals surface area contributed by atoms with Crippen molar-refractivity contribution in [3.8, 4) is 0 Å². The van der Waals surface area contributed by atoms with E-state index in [-0.39, 0.29) is 17.5 Å². The monoisotopic (exact) mass is 415 g/mol. The zero-order valence-electron chi connectivity index (χ0n) is 16.9. The molecular formula is C24H22FN5O. The van der Waals surface area contributed by atoms with Crippen molar-refractivity contribution in [2.45, 2.75) is 18.9 Å². The Kier molecular flexibility index (Phi) is 5.18. The van der Waals surface area contributed by atoms with Crippen molar-refractivity contribution < 1.29 is 9.18 Å². The Balaban J connectivity index is 1.35. The number of likely N-dealkylation sites (tertiary alicyclic amines) is 1. The average Bonchev–Trinajstić information content (AvgIpc) is 3.42. The average molecular weight is 415 g/mol. The summed E-state index contributed by atoms with van der Waals surface area (Å²) in [7, 11) is 0. The van der Waals surface area contributed by atoms with E-state index in [0.29, 0.717) is 11.2 Å². The van der Waals surface area contributed by atoms with Crippen molar-refractivity contribution in [3.63, 3.8) is 0 Å². The molecule has 156 valence electrons. The summed E-state index contributed by atoms with van der Waals surface area (Å²) in [6.07, 6.45) is 2.72. The molecule has 1 N–H and O–H groups in total. The second kappa shape index (κ2) is 8.28. The predicted molar refractivity (Wildman–Crippen MR) is 116 cm³/mol. The first-order chi connectivity index (χ1) is 15.2. The van der Waals surface area contributed by atoms with E-state index < -0.39 is 5.82 Å². The van der Waals surface area contributed by atoms with Crippen LogP contribution in [0.1, 0.15) is 34.1 Å². The van der Waals surface area contributed by atoms with Crippen LogP contribution in [0.2, 0.25) is 0 Å². The van der Waals surface area contributed by atoms with Gasteiger partial charge in [-0.05, 0) is 42.8 Å². The summed E-state index contributed by atoms with van der Waals surface area (Å²) >= 11 is 0. The lowest BCUT2D eigenvalue weighted by Gasteiger charge is -2.15. The summed E-state index contributed by atoms with van der Waals surface area (Å²) in [5.41, 5.74) is 2.57. The maximum atomic E-state index is 13.9. The zero-order valence-corrected chi connectivity index (χ0v) is 16.9. The minimum Gasteiger partial charge on any atom is -0.319 e. The van der Waals surface area contributed by atoms with Gasteiger partial charge in [-0.25, -0.2) is 4.39 Å². The van der Waals surface area contributed by atoms with Gasteiger partial charge in [0.05, 0.1) is 11.3 Å². The van der Waals surface area contributed by atoms with E-state index in [1.165, 1.54) is 17.7 Å². The number of para-hydroxylation sites is 1. The number of halogens is 1. The molecule has 2 aromatic carbocycles. The molecule has 0 spiro atoms. The van der Waals surface area contributed by atoms with Gasteiger partial charge < -0.3 is 5.32 Å². The number of nitrogens with zero attached hydrogens (tertiary/aromatic N) is 4. The summed E-state index contributed by atoms with van der Waals surface area (Å²) in [4.78, 5) is 15.1. The van der Waals surface area contributed by atoms with Crippen molar-refractivity contribution in [2.75, 3.05) is 18.4 Å². The van der Waals surface area contributed by atoms with Crippen LogP contribution < -0.4 is 5.32 Å². The standard InChI is InChI=1S/C24H22FN5O/c25-20-8-4-5-9-21(20)26-24(31)19-10-11-22-27-28-23(30(22)16-19)18-12-13-29(15-18)14-17-6-2-1-3-7-17/h1-11,16,18H,12-15H2,(H,26,31). The van der Waals surface area contributed by atoms with Gasteiger partial charge >= 0.3 is 0 Å². The van der Waals surface area contributed by atoms with Gasteiger partial charge in [-0.1, -0.05) is 42.5 Å². The van der Waals surface area contributed by atoms with Gasteiger partial charge in [-0.2, -0.15) is 0 Å². The van der Waals surface area contributed by atoms with E-state index in [2.05, 4.69) is 44.7 Å². The minimum atomic E-state index is -0.466. The molecule has 1 atom stereocenters. The lowest BCUT2D eigenvalue weighted by Crippen LogP contribution is -2.20. The van der Waals surface area contributed by atoms with Crippen LogP contribution >= 0.6 is 0 Å². The molecule has 3 heterocycles. The van der Waals surface area contributed by atoms with E-state index in [4.69, 9.17) is 0 Å². The molecule has 1 unspecified atom stereocenters. The molecule has 1 aliphatic heterocycles. The number of hydrogen-bond donors (Lipinski definition) is 1. The predicted octanol–water partition coefficient (Wildman–Crippen LogP) is 4.11. The van der Waals surface area contributed by atoms with Gasteiger partial charge in [0, 0.05) is 25.2 Å². The highest BCUT2D eigenvalue weighted by molar-refractivity contribution is 6.04. The van der Waals surface area contributed by atoms with E-state index in [9.17, 15) is 9.18 Å². The van der Waals surface area contributed by atoms with Gasteiger partial charge in [-0.15, -0.1) is 10.2 Å². The number of anilines is 1. The van der Waals surface area contributed by atoms with Gasteiger partial charge in [-0.3, -0.25) is 14.1 Å². The van der Waals surface area contributed by atoms with Crippen LogP contribution in [0.3, 0.4) is 0 Å². The lowest BCUT2D eigenvalue weighted by molar-refractivity contribution is 0.102. The van der Waals surface area contributed by atoms with Crippen molar-refractivity contribution in [3.05, 3.63) is 95.7 Å². The van der Waals surface area contributed by atoms with Gasteiger partial charge in [0.1, 0.15) is 11.6 Å². The molecule has 1 aliphatic rings. The summed E-state index contributed by atoms with van der Waals surface area (Å²) in [6.45, 7) is 2.79. The minimum absolute atomic E-state index is 0.156. The Morgan fingerprint density at radius 2 is 1.84 bits per heavy atom. The number of rotatable bonds is 5. The number of carbonyl (C=O) groups excluding carboxylic acids is 1. The summed E-state index contributed by atoms with van der Waals surface area (Å²) in [5.74, 6) is 0.254. The molecule has 1 fully saturated rings. The van der Waals surface area contributed by atoms with Crippen LogP contribution in [0, 0.1) is 5.82 Å². The summed E-state index contributed by atoms with van der Waals surface area (Å²) < 4.78 is 15.8. The maximum Gasteiger partial charge on any atom is 0.257 e. The van der Waals surface area contributed by atoms with E-state index >= 15 is 0 Å². The number of hydrogen-bond acceptors (Lipinski definition) is 4. The number of nitrogens with one attached hydrogen (secondary N) is 1. The molecule has 0 saturated carbocycles. The second-order valence-corrected chi connectivity index (χ2v) is 7.84. The van der Waals surface area contributed by atoms with E-state index in [1.807, 2.05) is 10.5 Å². The summed E-state index contributed by atoms with van der Waals surface area (Å²) in [6, 6.07) is 20.0. The first-order valence-electron chi connectivity index (χ1n) is 10.3. The molecule has 0 radical (unpaired) electrons. The molecule has 31 heavy (non-hydrogen) atoms. The highest BCUT2D eigenvalue weighted by Crippen LogP contribution is 2.27. The molecule has 6 nitrogen and oxygen atoms in total. The molecule has 0 bridgehead atoms. The Bertz CT molecular complexity index is 1220. The lowest BCUT2D eigenvalue weighted by atomic mass is 10.1. The molecule has 0 aliphatic carbocycles. The zero-order chi connectivity index (χ0) is 21.2. The van der Waals surface area contributed by atoms with Crippen molar-refractivity contribution in [2.24, 2.45) is 0 Å². The Hall–Kier alpha value is -3.58. The van der Waals surface area contributed by atoms with Gasteiger partial charge in [0.25, 0.3) is 5.91 Å². The van der Waals surface area contributed by atoms with E-state index in [0.717, 1.165) is 31.9 Å². The van der Waals surface area contributed by atoms with E-state index in [1.54, 1.807) is 30.5 Å². The van der Waals surface area contributed by atoms with Gasteiger partial charge in [0.15, 0.2) is 5.65 Å². The van der Waals surface area contributed by atoms with Crippen LogP contribution in [-0.2, 0) is 6.54 Å². The highest BCUT2D eigenvalue weighted by atomic mass is 19.1. The third-order valence-electron chi connectivity index (χ3n) is 5.70. The fourth-order valence-corrected chi connectivity index (χ4v) is 4.11. The number of pyridine rings is 1. The van der Waals surface area contributed by atoms with Crippen molar-refractivity contribution in [1.82, 2.24) is 19.5 Å². The molecule has 4 aromatic rings. The first-order valence-corrected chi connectivity index (χ1v) is 10.3. The normalized spacial score (nSPS) is 16.6. The smallest absolute Gasteiger partial charge is 0.257 e. The van der Waals surface area contributed by atoms with Crippen LogP contribution in [0.4, 0.5) is 10.1 Å². The molecule has 5 rings (SSSR count). The maximum absolute atomic E-state index is 13.9. The van der Waals surface area contributed by atoms with Crippen LogP contribution in [0.25, 0.3) is 5.65 Å². The van der Waals surface area contributed by atoms with Crippen LogP contribution in [-0.4, -0.2) is 38.5 Å².